The summed E-state index contributed by atoms with van der Waals surface area (Å²) in [7, 11) is 1.80. The first kappa shape index (κ1) is 37.4. The van der Waals surface area contributed by atoms with Crippen LogP contribution in [0.1, 0.15) is 93.5 Å². The van der Waals surface area contributed by atoms with Crippen molar-refractivity contribution in [3.63, 3.8) is 0 Å². The third kappa shape index (κ3) is 7.40. The average Bonchev–Trinajstić information content (AvgIpc) is 3.67. The van der Waals surface area contributed by atoms with E-state index in [1.54, 1.807) is 7.11 Å². The monoisotopic (exact) mass is 757 g/mol. The van der Waals surface area contributed by atoms with Crippen LogP contribution in [0.2, 0.25) is 5.02 Å². The van der Waals surface area contributed by atoms with Crippen LogP contribution in [0.3, 0.4) is 0 Å². The summed E-state index contributed by atoms with van der Waals surface area (Å²) in [4.78, 5) is 20.2. The zero-order valence-corrected chi connectivity index (χ0v) is 32.8. The number of fused-ring (bicyclic) bond motifs is 4. The number of nitrogens with zero attached hydrogens (tertiary/aromatic N) is 2. The predicted octanol–water partition coefficient (Wildman–Crippen LogP) is 8.31. The Kier molecular flexibility index (Phi) is 10.8. The molecule has 2 aliphatic heterocycles. The number of hydrogen-bond donors (Lipinski definition) is 2. The molecule has 0 amide bonds. The minimum atomic E-state index is -1.08. The fourth-order valence-electron chi connectivity index (χ4n) is 10.4. The van der Waals surface area contributed by atoms with E-state index < -0.39 is 11.5 Å². The number of methoxy groups -OCH3 is 1. The van der Waals surface area contributed by atoms with Gasteiger partial charge in [0, 0.05) is 60.8 Å². The van der Waals surface area contributed by atoms with Crippen LogP contribution in [-0.4, -0.2) is 79.2 Å². The number of carbonyl (C=O) groups is 1. The lowest BCUT2D eigenvalue weighted by Crippen LogP contribution is -2.53. The second-order valence-electron chi connectivity index (χ2n) is 17.0. The van der Waals surface area contributed by atoms with Crippen LogP contribution in [0.4, 0.5) is 5.69 Å². The molecule has 0 radical (unpaired) electrons. The summed E-state index contributed by atoms with van der Waals surface area (Å²) in [6, 6.07) is 13.9. The Labute approximate surface area is 325 Å². The molecule has 1 aromatic heterocycles. The van der Waals surface area contributed by atoms with E-state index in [4.69, 9.17) is 30.5 Å². The molecule has 10 heteroatoms. The first-order valence-corrected chi connectivity index (χ1v) is 20.6. The fraction of sp³-hybridized carbons (Fsp3) is 0.591. The number of carboxylic acids is 1. The molecule has 5 atom stereocenters. The summed E-state index contributed by atoms with van der Waals surface area (Å²) in [5, 5.41) is 14.7. The molecule has 2 fully saturated rings. The number of rotatable bonds is 11. The number of likely N-dealkylation sites (tertiary alicyclic amines) is 1. The highest BCUT2D eigenvalue weighted by Gasteiger charge is 2.54. The van der Waals surface area contributed by atoms with Crippen molar-refractivity contribution in [2.24, 2.45) is 17.8 Å². The van der Waals surface area contributed by atoms with E-state index >= 15 is 0 Å². The highest BCUT2D eigenvalue weighted by Crippen LogP contribution is 2.58. The van der Waals surface area contributed by atoms with Crippen LogP contribution >= 0.6 is 11.6 Å². The van der Waals surface area contributed by atoms with Gasteiger partial charge in [-0.05, 0) is 135 Å². The Balaban J connectivity index is 1.03. The lowest BCUT2D eigenvalue weighted by molar-refractivity contribution is -0.144. The molecular weight excluding hydrogens is 702 g/mol. The van der Waals surface area contributed by atoms with Gasteiger partial charge < -0.3 is 34.3 Å². The molecule has 3 aliphatic carbocycles. The van der Waals surface area contributed by atoms with Crippen LogP contribution in [0, 0.1) is 17.8 Å². The van der Waals surface area contributed by atoms with Crippen molar-refractivity contribution in [3.8, 4) is 17.2 Å². The number of halogens is 1. The topological polar surface area (TPSA) is 102 Å². The minimum Gasteiger partial charge on any atom is -0.493 e. The quantitative estimate of drug-likeness (QED) is 0.200. The molecule has 2 unspecified atom stereocenters. The molecule has 2 aromatic carbocycles. The van der Waals surface area contributed by atoms with E-state index in [2.05, 4.69) is 41.2 Å². The van der Waals surface area contributed by atoms with Crippen LogP contribution < -0.4 is 19.5 Å². The zero-order valence-electron chi connectivity index (χ0n) is 32.1. The molecule has 8 rings (SSSR count). The maximum Gasteiger partial charge on any atom is 0.329 e. The first-order chi connectivity index (χ1) is 26.1. The Hall–Kier alpha value is -3.53. The van der Waals surface area contributed by atoms with Gasteiger partial charge in [-0.3, -0.25) is 4.98 Å². The highest BCUT2D eigenvalue weighted by atomic mass is 35.5. The normalized spacial score (nSPS) is 29.6. The largest absolute Gasteiger partial charge is 0.493 e. The van der Waals surface area contributed by atoms with Crippen molar-refractivity contribution in [2.75, 3.05) is 51.9 Å². The molecule has 0 bridgehead atoms. The van der Waals surface area contributed by atoms with Gasteiger partial charge in [0.1, 0.15) is 11.3 Å². The van der Waals surface area contributed by atoms with E-state index in [0.717, 1.165) is 81.1 Å². The van der Waals surface area contributed by atoms with Gasteiger partial charge in [0.2, 0.25) is 0 Å². The molecule has 1 spiro atoms. The highest BCUT2D eigenvalue weighted by molar-refractivity contribution is 6.30. The van der Waals surface area contributed by atoms with E-state index in [1.165, 1.54) is 35.2 Å². The smallest absolute Gasteiger partial charge is 0.329 e. The molecule has 3 heterocycles. The lowest BCUT2D eigenvalue weighted by Gasteiger charge is -2.47. The molecule has 5 aliphatic rings. The molecule has 290 valence electrons. The molecule has 1 saturated carbocycles. The number of nitrogens with one attached hydrogen (secondary N) is 1. The van der Waals surface area contributed by atoms with Gasteiger partial charge in [0.05, 0.1) is 25.9 Å². The summed E-state index contributed by atoms with van der Waals surface area (Å²) in [5.74, 6) is 3.16. The first-order valence-electron chi connectivity index (χ1n) is 20.2. The summed E-state index contributed by atoms with van der Waals surface area (Å²) in [5.41, 5.74) is 4.56. The summed E-state index contributed by atoms with van der Waals surface area (Å²) in [6.07, 6.45) is 11.1. The van der Waals surface area contributed by atoms with Crippen LogP contribution in [-0.2, 0) is 27.8 Å². The Bertz CT molecular complexity index is 1830. The lowest BCUT2D eigenvalue weighted by atomic mass is 9.59. The van der Waals surface area contributed by atoms with Crippen molar-refractivity contribution in [3.05, 3.63) is 76.1 Å². The van der Waals surface area contributed by atoms with E-state index in [1.807, 2.05) is 36.5 Å². The number of anilines is 1. The maximum absolute atomic E-state index is 13.1. The number of aromatic nitrogens is 1. The number of aryl methyl sites for hydroxylation is 1. The maximum atomic E-state index is 13.1. The number of carboxylic acid groups (broad SMARTS) is 1. The molecule has 9 nitrogen and oxygen atoms in total. The van der Waals surface area contributed by atoms with Gasteiger partial charge in [-0.15, -0.1) is 0 Å². The zero-order chi connectivity index (χ0) is 37.5. The number of pyridine rings is 1. The van der Waals surface area contributed by atoms with Crippen molar-refractivity contribution >= 4 is 23.3 Å². The van der Waals surface area contributed by atoms with Gasteiger partial charge in [-0.2, -0.15) is 0 Å². The Morgan fingerprint density at radius 1 is 1.11 bits per heavy atom. The molecule has 3 aromatic rings. The van der Waals surface area contributed by atoms with Crippen molar-refractivity contribution in [2.45, 2.75) is 101 Å². The number of ether oxygens (including phenoxy) is 4. The Morgan fingerprint density at radius 3 is 2.65 bits per heavy atom. The second kappa shape index (κ2) is 15.5. The number of hydrogen-bond acceptors (Lipinski definition) is 8. The SMILES string of the molecule is CO[C@H]1CCN(CC2COc3cc4c(cc3OC2)C2(CCC(Nc3cccc(Cl)c3)(C(=O)O)CC2)C(C[C@@H](C)COc2ccnc3c2[C@H](C)CCC3)C4)C1. The number of aliphatic carboxylic acids is 1. The van der Waals surface area contributed by atoms with Gasteiger partial charge in [0.25, 0.3) is 0 Å². The average molecular weight is 758 g/mol. The third-order valence-corrected chi connectivity index (χ3v) is 13.6. The van der Waals surface area contributed by atoms with E-state index in [-0.39, 0.29) is 11.3 Å². The van der Waals surface area contributed by atoms with Gasteiger partial charge >= 0.3 is 5.97 Å². The standard InChI is InChI=1S/C44H56ClN3O6/c1-28(25-52-38-10-16-46-37-9-4-6-29(2)41(37)38)18-32-19-31-20-39-40(54-27-30(26-53-39)23-48-17-11-35(24-48)51-3)22-36(31)43(32)12-14-44(15-13-43,42(49)50)47-34-8-5-7-33(45)21-34/h5,7-8,10,16,20-22,28-30,32,35,47H,4,6,9,11-15,17-19,23-27H2,1-3H3,(H,49,50)/t28-,29-,30?,32?,35+,43?,44?/m1/s1. The fourth-order valence-corrected chi connectivity index (χ4v) is 10.6. The van der Waals surface area contributed by atoms with Crippen LogP contribution in [0.5, 0.6) is 17.2 Å². The van der Waals surface area contributed by atoms with Gasteiger partial charge in [0.15, 0.2) is 11.5 Å². The number of benzene rings is 2. The van der Waals surface area contributed by atoms with Crippen molar-refractivity contribution in [1.82, 2.24) is 9.88 Å². The molecule has 54 heavy (non-hydrogen) atoms. The van der Waals surface area contributed by atoms with Crippen LogP contribution in [0.25, 0.3) is 0 Å². The van der Waals surface area contributed by atoms with E-state index in [9.17, 15) is 9.90 Å². The van der Waals surface area contributed by atoms with Crippen LogP contribution in [0.15, 0.2) is 48.7 Å². The van der Waals surface area contributed by atoms with Gasteiger partial charge in [-0.1, -0.05) is 31.5 Å². The van der Waals surface area contributed by atoms with Gasteiger partial charge in [-0.25, -0.2) is 4.79 Å². The Morgan fingerprint density at radius 2 is 1.91 bits per heavy atom. The molecule has 1 saturated heterocycles. The van der Waals surface area contributed by atoms with Crippen molar-refractivity contribution in [1.29, 1.82) is 0 Å². The predicted molar refractivity (Wildman–Crippen MR) is 210 cm³/mol. The minimum absolute atomic E-state index is 0.183. The van der Waals surface area contributed by atoms with Crippen molar-refractivity contribution < 1.29 is 28.8 Å². The molecule has 2 N–H and O–H groups in total. The summed E-state index contributed by atoms with van der Waals surface area (Å²) < 4.78 is 25.3. The summed E-state index contributed by atoms with van der Waals surface area (Å²) in [6.45, 7) is 9.37. The van der Waals surface area contributed by atoms with E-state index in [0.29, 0.717) is 61.5 Å². The molecular formula is C44H56ClN3O6. The third-order valence-electron chi connectivity index (χ3n) is 13.4. The summed E-state index contributed by atoms with van der Waals surface area (Å²) >= 11 is 6.32. The second-order valence-corrected chi connectivity index (χ2v) is 17.5.